The number of carbonyl (C=O) groups is 1. The molecule has 1 amide bonds. The van der Waals surface area contributed by atoms with Crippen molar-refractivity contribution in [2.24, 2.45) is 0 Å². The molecule has 152 valence electrons. The van der Waals surface area contributed by atoms with Crippen molar-refractivity contribution >= 4 is 17.5 Å². The molecule has 1 aromatic rings. The molecule has 0 N–H and O–H groups in total. The first-order chi connectivity index (χ1) is 12.7. The van der Waals surface area contributed by atoms with E-state index in [1.54, 1.807) is 32.9 Å². The molecule has 0 bridgehead atoms. The predicted molar refractivity (Wildman–Crippen MR) is 101 cm³/mol. The van der Waals surface area contributed by atoms with E-state index in [-0.39, 0.29) is 6.54 Å². The van der Waals surface area contributed by atoms with E-state index in [2.05, 4.69) is 0 Å². The first kappa shape index (κ1) is 21.4. The summed E-state index contributed by atoms with van der Waals surface area (Å²) in [5.41, 5.74) is 0.177. The monoisotopic (exact) mass is 384 g/mol. The van der Waals surface area contributed by atoms with Crippen LogP contribution in [0.3, 0.4) is 0 Å². The van der Waals surface area contributed by atoms with E-state index >= 15 is 0 Å². The van der Waals surface area contributed by atoms with Crippen LogP contribution in [-0.4, -0.2) is 65.1 Å². The van der Waals surface area contributed by atoms with Crippen LogP contribution in [0.2, 0.25) is 0 Å². The Kier molecular flexibility index (Phi) is 7.41. The lowest BCUT2D eigenvalue weighted by molar-refractivity contribution is -0.0950. The number of amides is 1. The van der Waals surface area contributed by atoms with E-state index in [4.69, 9.17) is 18.9 Å². The summed E-state index contributed by atoms with van der Waals surface area (Å²) >= 11 is 0. The van der Waals surface area contributed by atoms with Gasteiger partial charge in [0.15, 0.2) is 6.29 Å². The van der Waals surface area contributed by atoms with Gasteiger partial charge in [-0.15, -0.1) is 0 Å². The Morgan fingerprint density at radius 3 is 2.41 bits per heavy atom. The highest BCUT2D eigenvalue weighted by Gasteiger charge is 2.27. The van der Waals surface area contributed by atoms with Gasteiger partial charge in [-0.2, -0.15) is 0 Å². The van der Waals surface area contributed by atoms with Crippen molar-refractivity contribution in [1.29, 1.82) is 0 Å². The van der Waals surface area contributed by atoms with Gasteiger partial charge < -0.3 is 23.8 Å². The summed E-state index contributed by atoms with van der Waals surface area (Å²) in [5, 5.41) is 0. The highest BCUT2D eigenvalue weighted by molar-refractivity contribution is 5.88. The third-order valence-electron chi connectivity index (χ3n) is 4.07. The number of benzene rings is 1. The third-order valence-corrected chi connectivity index (χ3v) is 4.07. The Morgan fingerprint density at radius 1 is 1.26 bits per heavy atom. The molecule has 2 rings (SSSR count). The highest BCUT2D eigenvalue weighted by Crippen LogP contribution is 2.27. The number of methoxy groups -OCH3 is 2. The lowest BCUT2D eigenvalue weighted by Gasteiger charge is -2.31. The number of morpholine rings is 1. The number of halogens is 1. The molecular weight excluding hydrogens is 355 g/mol. The van der Waals surface area contributed by atoms with Crippen LogP contribution in [0.5, 0.6) is 0 Å². The number of carbonyl (C=O) groups excluding carboxylic acids is 1. The van der Waals surface area contributed by atoms with Crippen molar-refractivity contribution in [3.63, 3.8) is 0 Å². The Bertz CT molecular complexity index is 625. The smallest absolute Gasteiger partial charge is 0.414 e. The zero-order chi connectivity index (χ0) is 20.0. The third kappa shape index (κ3) is 6.05. The summed E-state index contributed by atoms with van der Waals surface area (Å²) in [6, 6.07) is 4.69. The largest absolute Gasteiger partial charge is 0.443 e. The molecule has 0 aliphatic carbocycles. The molecule has 0 saturated carbocycles. The van der Waals surface area contributed by atoms with Crippen molar-refractivity contribution in [3.8, 4) is 0 Å². The molecule has 8 heteroatoms. The van der Waals surface area contributed by atoms with Gasteiger partial charge in [0.25, 0.3) is 0 Å². The fourth-order valence-electron chi connectivity index (χ4n) is 2.72. The molecule has 27 heavy (non-hydrogen) atoms. The van der Waals surface area contributed by atoms with Crippen LogP contribution in [0.15, 0.2) is 18.2 Å². The van der Waals surface area contributed by atoms with Gasteiger partial charge in [-0.05, 0) is 39.0 Å². The summed E-state index contributed by atoms with van der Waals surface area (Å²) in [4.78, 5) is 15.9. The van der Waals surface area contributed by atoms with Gasteiger partial charge in [0.1, 0.15) is 11.4 Å². The Labute approximate surface area is 159 Å². The summed E-state index contributed by atoms with van der Waals surface area (Å²) in [6.07, 6.45) is -1.26. The van der Waals surface area contributed by atoms with E-state index < -0.39 is 23.8 Å². The highest BCUT2D eigenvalue weighted by atomic mass is 19.1. The minimum atomic E-state index is -0.683. The van der Waals surface area contributed by atoms with E-state index in [0.717, 1.165) is 0 Å². The summed E-state index contributed by atoms with van der Waals surface area (Å²) in [7, 11) is 2.95. The SMILES string of the molecule is COC(CN(C(=O)OC(C)(C)C)c1ccc(N2CCOCC2)c(F)c1)OC. The molecule has 1 heterocycles. The second kappa shape index (κ2) is 9.34. The summed E-state index contributed by atoms with van der Waals surface area (Å²) < 4.78 is 35.9. The summed E-state index contributed by atoms with van der Waals surface area (Å²) in [5.74, 6) is -0.408. The van der Waals surface area contributed by atoms with E-state index in [9.17, 15) is 9.18 Å². The second-order valence-corrected chi connectivity index (χ2v) is 7.23. The molecule has 7 nitrogen and oxygen atoms in total. The molecule has 0 atom stereocenters. The Morgan fingerprint density at radius 2 is 1.89 bits per heavy atom. The molecule has 1 aromatic carbocycles. The molecule has 1 aliphatic heterocycles. The minimum absolute atomic E-state index is 0.0677. The minimum Gasteiger partial charge on any atom is -0.443 e. The van der Waals surface area contributed by atoms with Crippen molar-refractivity contribution < 1.29 is 28.1 Å². The molecule has 0 unspecified atom stereocenters. The second-order valence-electron chi connectivity index (χ2n) is 7.23. The Hall–Kier alpha value is -1.90. The number of ether oxygens (including phenoxy) is 4. The van der Waals surface area contributed by atoms with E-state index in [0.29, 0.717) is 37.7 Å². The number of anilines is 2. The zero-order valence-electron chi connectivity index (χ0n) is 16.7. The van der Waals surface area contributed by atoms with Crippen molar-refractivity contribution in [3.05, 3.63) is 24.0 Å². The van der Waals surface area contributed by atoms with Gasteiger partial charge >= 0.3 is 6.09 Å². The molecule has 1 saturated heterocycles. The molecular formula is C19H29FN2O5. The van der Waals surface area contributed by atoms with Gasteiger partial charge in [0.2, 0.25) is 0 Å². The molecule has 1 fully saturated rings. The fourth-order valence-corrected chi connectivity index (χ4v) is 2.72. The van der Waals surface area contributed by atoms with Crippen molar-refractivity contribution in [2.45, 2.75) is 32.7 Å². The lowest BCUT2D eigenvalue weighted by atomic mass is 10.2. The average Bonchev–Trinajstić information content (AvgIpc) is 2.62. The van der Waals surface area contributed by atoms with Gasteiger partial charge in [-0.3, -0.25) is 4.90 Å². The quantitative estimate of drug-likeness (QED) is 0.703. The number of nitrogens with zero attached hydrogens (tertiary/aromatic N) is 2. The number of rotatable bonds is 6. The summed E-state index contributed by atoms with van der Waals surface area (Å²) in [6.45, 7) is 7.77. The first-order valence-electron chi connectivity index (χ1n) is 8.93. The topological polar surface area (TPSA) is 60.5 Å². The molecule has 0 spiro atoms. The van der Waals surface area contributed by atoms with Crippen LogP contribution in [-0.2, 0) is 18.9 Å². The van der Waals surface area contributed by atoms with E-state index in [1.807, 2.05) is 4.90 Å². The maximum atomic E-state index is 14.8. The number of hydrogen-bond acceptors (Lipinski definition) is 6. The Balaban J connectivity index is 2.27. The van der Waals surface area contributed by atoms with Crippen molar-refractivity contribution in [1.82, 2.24) is 0 Å². The zero-order valence-corrected chi connectivity index (χ0v) is 16.7. The lowest BCUT2D eigenvalue weighted by Crippen LogP contribution is -2.42. The molecule has 0 radical (unpaired) electrons. The molecule has 0 aromatic heterocycles. The fraction of sp³-hybridized carbons (Fsp3) is 0.632. The van der Waals surface area contributed by atoms with E-state index in [1.165, 1.54) is 25.2 Å². The maximum absolute atomic E-state index is 14.8. The van der Waals surface area contributed by atoms with Crippen LogP contribution in [0, 0.1) is 5.82 Å². The van der Waals surface area contributed by atoms with Crippen molar-refractivity contribution in [2.75, 3.05) is 56.9 Å². The van der Waals surface area contributed by atoms with Crippen LogP contribution in [0.1, 0.15) is 20.8 Å². The van der Waals surface area contributed by atoms with Crippen LogP contribution < -0.4 is 9.80 Å². The van der Waals surface area contributed by atoms with Gasteiger partial charge in [-0.25, -0.2) is 9.18 Å². The maximum Gasteiger partial charge on any atom is 0.414 e. The van der Waals surface area contributed by atoms with Gasteiger partial charge in [-0.1, -0.05) is 0 Å². The molecule has 1 aliphatic rings. The standard InChI is InChI=1S/C19H29FN2O5/c1-19(2,3)27-18(23)22(13-17(24-4)25-5)14-6-7-16(15(20)12-14)21-8-10-26-11-9-21/h6-7,12,17H,8-11,13H2,1-5H3. The van der Waals surface area contributed by atoms with Crippen LogP contribution in [0.4, 0.5) is 20.6 Å². The first-order valence-corrected chi connectivity index (χ1v) is 8.93. The van der Waals surface area contributed by atoms with Crippen LogP contribution >= 0.6 is 0 Å². The predicted octanol–water partition coefficient (Wildman–Crippen LogP) is 3.02. The van der Waals surface area contributed by atoms with Gasteiger partial charge in [0.05, 0.1) is 31.1 Å². The van der Waals surface area contributed by atoms with Gasteiger partial charge in [0, 0.05) is 27.3 Å². The number of hydrogen-bond donors (Lipinski definition) is 0. The normalized spacial score (nSPS) is 15.1. The average molecular weight is 384 g/mol. The van der Waals surface area contributed by atoms with Crippen LogP contribution in [0.25, 0.3) is 0 Å².